The van der Waals surface area contributed by atoms with Gasteiger partial charge in [0.1, 0.15) is 10.0 Å². The molecule has 0 aliphatic rings. The molecule has 0 saturated carbocycles. The number of carbonyl (C=O) groups excluding carboxylic acids is 1. The fraction of sp³-hybridized carbons (Fsp3) is 0.176. The Hall–Kier alpha value is -2.34. The molecule has 0 saturated heterocycles. The van der Waals surface area contributed by atoms with Gasteiger partial charge in [-0.05, 0) is 29.1 Å². The summed E-state index contributed by atoms with van der Waals surface area (Å²) in [6, 6.07) is 8.69. The Morgan fingerprint density at radius 2 is 2.07 bits per heavy atom. The lowest BCUT2D eigenvalue weighted by Gasteiger charge is -2.14. The molecule has 11 heteroatoms. The summed E-state index contributed by atoms with van der Waals surface area (Å²) < 4.78 is 39.5. The van der Waals surface area contributed by atoms with Crippen LogP contribution in [0.2, 0.25) is 0 Å². The first kappa shape index (κ1) is 20.4. The van der Waals surface area contributed by atoms with Crippen LogP contribution in [0.1, 0.15) is 11.3 Å². The monoisotopic (exact) mass is 440 g/mol. The van der Waals surface area contributed by atoms with Crippen LogP contribution in [0.4, 0.5) is 14.3 Å². The van der Waals surface area contributed by atoms with E-state index in [0.29, 0.717) is 16.4 Å². The van der Waals surface area contributed by atoms with Crippen LogP contribution in [-0.2, 0) is 23.1 Å². The molecule has 0 aliphatic carbocycles. The Bertz CT molecular complexity index is 1050. The molecular formula is C17H17FN4O3S3. The van der Waals surface area contributed by atoms with Crippen molar-refractivity contribution in [3.8, 4) is 0 Å². The summed E-state index contributed by atoms with van der Waals surface area (Å²) in [7, 11) is -2.08. The number of thiophene rings is 1. The van der Waals surface area contributed by atoms with Crippen LogP contribution in [0.15, 0.2) is 51.4 Å². The second kappa shape index (κ2) is 8.78. The normalized spacial score (nSPS) is 11.5. The van der Waals surface area contributed by atoms with E-state index in [1.807, 2.05) is 0 Å². The lowest BCUT2D eigenvalue weighted by Crippen LogP contribution is -2.28. The number of hydrogen-bond donors (Lipinski definition) is 2. The summed E-state index contributed by atoms with van der Waals surface area (Å²) >= 11 is 2.34. The lowest BCUT2D eigenvalue weighted by atomic mass is 10.2. The van der Waals surface area contributed by atoms with Crippen LogP contribution < -0.4 is 10.6 Å². The van der Waals surface area contributed by atoms with Crippen LogP contribution >= 0.6 is 22.7 Å². The third-order valence-corrected chi connectivity index (χ3v) is 7.64. The number of anilines is 1. The zero-order valence-electron chi connectivity index (χ0n) is 14.8. The van der Waals surface area contributed by atoms with Crippen molar-refractivity contribution in [1.29, 1.82) is 0 Å². The fourth-order valence-corrected chi connectivity index (χ4v) is 5.32. The number of carbonyl (C=O) groups is 1. The van der Waals surface area contributed by atoms with E-state index < -0.39 is 16.1 Å². The maximum Gasteiger partial charge on any atom is 0.321 e. The molecule has 3 rings (SSSR count). The quantitative estimate of drug-likeness (QED) is 0.588. The van der Waals surface area contributed by atoms with Gasteiger partial charge in [0.25, 0.3) is 10.0 Å². The molecule has 0 atom stereocenters. The van der Waals surface area contributed by atoms with Crippen molar-refractivity contribution in [2.45, 2.75) is 17.3 Å². The van der Waals surface area contributed by atoms with Gasteiger partial charge in [0.2, 0.25) is 0 Å². The van der Waals surface area contributed by atoms with Crippen molar-refractivity contribution in [3.63, 3.8) is 0 Å². The second-order valence-electron chi connectivity index (χ2n) is 5.77. The van der Waals surface area contributed by atoms with Crippen molar-refractivity contribution in [2.24, 2.45) is 0 Å². The second-order valence-corrected chi connectivity index (χ2v) is 9.85. The number of sulfonamides is 1. The first-order chi connectivity index (χ1) is 13.3. The number of benzene rings is 1. The maximum absolute atomic E-state index is 13.1. The van der Waals surface area contributed by atoms with E-state index >= 15 is 0 Å². The summed E-state index contributed by atoms with van der Waals surface area (Å²) in [5, 5.41) is 8.92. The summed E-state index contributed by atoms with van der Waals surface area (Å²) in [5.41, 5.74) is 1.16. The van der Waals surface area contributed by atoms with Gasteiger partial charge < -0.3 is 5.32 Å². The molecule has 2 heterocycles. The molecule has 148 valence electrons. The predicted molar refractivity (Wildman–Crippen MR) is 107 cm³/mol. The maximum atomic E-state index is 13.1. The molecule has 7 nitrogen and oxygen atoms in total. The van der Waals surface area contributed by atoms with Gasteiger partial charge >= 0.3 is 6.03 Å². The smallest absolute Gasteiger partial charge is 0.321 e. The molecule has 3 aromatic rings. The number of thiazole rings is 1. The highest BCUT2D eigenvalue weighted by atomic mass is 32.2. The van der Waals surface area contributed by atoms with Gasteiger partial charge in [0.15, 0.2) is 5.13 Å². The Kier molecular flexibility index (Phi) is 6.39. The van der Waals surface area contributed by atoms with E-state index in [9.17, 15) is 17.6 Å². The zero-order valence-corrected chi connectivity index (χ0v) is 17.2. The number of nitrogens with one attached hydrogen (secondary N) is 2. The minimum Gasteiger partial charge on any atom is -0.334 e. The first-order valence-corrected chi connectivity index (χ1v) is 11.3. The van der Waals surface area contributed by atoms with Gasteiger partial charge in [-0.2, -0.15) is 4.31 Å². The minimum absolute atomic E-state index is 0.0866. The van der Waals surface area contributed by atoms with Gasteiger partial charge in [-0.25, -0.2) is 22.6 Å². The van der Waals surface area contributed by atoms with Crippen molar-refractivity contribution >= 4 is 43.9 Å². The van der Waals surface area contributed by atoms with Crippen molar-refractivity contribution in [2.75, 3.05) is 12.4 Å². The highest BCUT2D eigenvalue weighted by molar-refractivity contribution is 7.91. The summed E-state index contributed by atoms with van der Waals surface area (Å²) in [5.74, 6) is -0.370. The van der Waals surface area contributed by atoms with E-state index in [1.165, 1.54) is 34.8 Å². The molecule has 2 amide bonds. The summed E-state index contributed by atoms with van der Waals surface area (Å²) in [6.07, 6.45) is 0. The Morgan fingerprint density at radius 1 is 1.25 bits per heavy atom. The largest absolute Gasteiger partial charge is 0.334 e. The Balaban J connectivity index is 1.54. The predicted octanol–water partition coefficient (Wildman–Crippen LogP) is 3.49. The molecule has 0 fully saturated rings. The third-order valence-electron chi connectivity index (χ3n) is 3.66. The van der Waals surface area contributed by atoms with Crippen LogP contribution in [0.3, 0.4) is 0 Å². The van der Waals surface area contributed by atoms with Crippen LogP contribution in [0.5, 0.6) is 0 Å². The molecule has 28 heavy (non-hydrogen) atoms. The van der Waals surface area contributed by atoms with Crippen molar-refractivity contribution < 1.29 is 17.6 Å². The number of hydrogen-bond acceptors (Lipinski definition) is 6. The number of nitrogens with zero attached hydrogens (tertiary/aromatic N) is 2. The van der Waals surface area contributed by atoms with Crippen molar-refractivity contribution in [1.82, 2.24) is 14.6 Å². The number of aromatic nitrogens is 1. The van der Waals surface area contributed by atoms with Crippen LogP contribution in [-0.4, -0.2) is 30.8 Å². The molecule has 0 bridgehead atoms. The Labute approximate surface area is 169 Å². The van der Waals surface area contributed by atoms with Crippen molar-refractivity contribution in [3.05, 3.63) is 64.2 Å². The molecule has 0 aliphatic heterocycles. The highest BCUT2D eigenvalue weighted by Gasteiger charge is 2.22. The third kappa shape index (κ3) is 5.13. The standard InChI is InChI=1S/C17H17FN4O3S3/c1-22(28(24,25)15-6-3-7-26-15)10-14-11-27-17(20-14)21-16(23)19-9-12-4-2-5-13(18)8-12/h2-8,11H,9-10H2,1H3,(H2,19,20,21,23). The number of halogens is 1. The fourth-order valence-electron chi connectivity index (χ4n) is 2.28. The van der Waals surface area contributed by atoms with Gasteiger partial charge in [0, 0.05) is 19.0 Å². The average molecular weight is 441 g/mol. The van der Waals surface area contributed by atoms with Gasteiger partial charge in [0.05, 0.1) is 12.2 Å². The SMILES string of the molecule is CN(Cc1csc(NC(=O)NCc2cccc(F)c2)n1)S(=O)(=O)c1cccs1. The topological polar surface area (TPSA) is 91.4 Å². The number of rotatable bonds is 7. The molecule has 1 aromatic carbocycles. The highest BCUT2D eigenvalue weighted by Crippen LogP contribution is 2.23. The molecule has 0 unspecified atom stereocenters. The van der Waals surface area contributed by atoms with Crippen LogP contribution in [0.25, 0.3) is 0 Å². The number of amides is 2. The number of urea groups is 1. The molecular weight excluding hydrogens is 423 g/mol. The van der Waals surface area contributed by atoms with E-state index in [4.69, 9.17) is 0 Å². The molecule has 2 aromatic heterocycles. The van der Waals surface area contributed by atoms with E-state index in [0.717, 1.165) is 11.3 Å². The average Bonchev–Trinajstić information content (AvgIpc) is 3.32. The molecule has 0 spiro atoms. The van der Waals surface area contributed by atoms with E-state index in [1.54, 1.807) is 35.0 Å². The zero-order chi connectivity index (χ0) is 20.1. The van der Waals surface area contributed by atoms with E-state index in [2.05, 4.69) is 15.6 Å². The van der Waals surface area contributed by atoms with Gasteiger partial charge in [-0.15, -0.1) is 22.7 Å². The Morgan fingerprint density at radius 3 is 2.79 bits per heavy atom. The first-order valence-electron chi connectivity index (χ1n) is 8.08. The van der Waals surface area contributed by atoms with E-state index in [-0.39, 0.29) is 23.1 Å². The minimum atomic E-state index is -3.56. The lowest BCUT2D eigenvalue weighted by molar-refractivity contribution is 0.251. The van der Waals surface area contributed by atoms with Gasteiger partial charge in [-0.1, -0.05) is 18.2 Å². The summed E-state index contributed by atoms with van der Waals surface area (Å²) in [4.78, 5) is 16.2. The summed E-state index contributed by atoms with van der Waals surface area (Å²) in [6.45, 7) is 0.257. The van der Waals surface area contributed by atoms with Gasteiger partial charge in [-0.3, -0.25) is 5.32 Å². The molecule has 0 radical (unpaired) electrons. The molecule has 2 N–H and O–H groups in total. The van der Waals surface area contributed by atoms with Crippen LogP contribution in [0, 0.1) is 5.82 Å².